The van der Waals surface area contributed by atoms with Crippen LogP contribution < -0.4 is 0 Å². The lowest BCUT2D eigenvalue weighted by Gasteiger charge is -2.33. The molecule has 2 heteroatoms. The van der Waals surface area contributed by atoms with Crippen LogP contribution >= 0.6 is 0 Å². The minimum atomic E-state index is 0.753. The third-order valence-electron chi connectivity index (χ3n) is 4.81. The fraction of sp³-hybridized carbons (Fsp3) is 0.800. The Labute approximate surface area is 104 Å². The molecular weight excluding hydrogens is 208 g/mol. The van der Waals surface area contributed by atoms with E-state index in [0.717, 1.165) is 12.0 Å². The molecule has 1 aromatic rings. The van der Waals surface area contributed by atoms with E-state index in [0.29, 0.717) is 0 Å². The second-order valence-electron chi connectivity index (χ2n) is 5.77. The van der Waals surface area contributed by atoms with Crippen molar-refractivity contribution in [3.63, 3.8) is 0 Å². The summed E-state index contributed by atoms with van der Waals surface area (Å²) in [5.74, 6) is 0.893. The number of aromatic nitrogens is 2. The third-order valence-corrected chi connectivity index (χ3v) is 4.81. The van der Waals surface area contributed by atoms with E-state index in [4.69, 9.17) is 0 Å². The molecule has 2 unspecified atom stereocenters. The molecule has 2 aliphatic carbocycles. The maximum Gasteiger partial charge on any atom is 0.0954 e. The quantitative estimate of drug-likeness (QED) is 0.756. The van der Waals surface area contributed by atoms with E-state index in [9.17, 15) is 0 Å². The van der Waals surface area contributed by atoms with Crippen molar-refractivity contribution < 1.29 is 0 Å². The summed E-state index contributed by atoms with van der Waals surface area (Å²) in [6.45, 7) is 2.35. The second-order valence-corrected chi connectivity index (χ2v) is 5.77. The number of imidazole rings is 1. The first kappa shape index (κ1) is 11.3. The summed E-state index contributed by atoms with van der Waals surface area (Å²) in [4.78, 5) is 4.66. The summed E-state index contributed by atoms with van der Waals surface area (Å²) in [6.07, 6.45) is 14.3. The highest BCUT2D eigenvalue weighted by Gasteiger charge is 2.28. The maximum atomic E-state index is 4.66. The lowest BCUT2D eigenvalue weighted by Crippen LogP contribution is -2.24. The average molecular weight is 232 g/mol. The van der Waals surface area contributed by atoms with Gasteiger partial charge >= 0.3 is 0 Å². The molecule has 2 atom stereocenters. The Bertz CT molecular complexity index is 380. The van der Waals surface area contributed by atoms with Gasteiger partial charge in [-0.25, -0.2) is 4.98 Å². The van der Waals surface area contributed by atoms with E-state index in [1.807, 2.05) is 0 Å². The molecule has 1 heterocycles. The SMILES string of the molecule is CCC1CCCCC1n1cnc2c1CCCC2. The van der Waals surface area contributed by atoms with Gasteiger partial charge in [-0.1, -0.05) is 26.2 Å². The molecule has 0 spiro atoms. The van der Waals surface area contributed by atoms with E-state index < -0.39 is 0 Å². The van der Waals surface area contributed by atoms with Crippen LogP contribution in [-0.4, -0.2) is 9.55 Å². The zero-order valence-electron chi connectivity index (χ0n) is 11.0. The van der Waals surface area contributed by atoms with Gasteiger partial charge in [-0.05, 0) is 44.4 Å². The summed E-state index contributed by atoms with van der Waals surface area (Å²) >= 11 is 0. The molecule has 1 aromatic heterocycles. The number of aryl methyl sites for hydroxylation is 1. The van der Waals surface area contributed by atoms with Gasteiger partial charge in [0, 0.05) is 11.7 Å². The predicted molar refractivity (Wildman–Crippen MR) is 70.2 cm³/mol. The van der Waals surface area contributed by atoms with Gasteiger partial charge in [0.2, 0.25) is 0 Å². The van der Waals surface area contributed by atoms with E-state index in [1.165, 1.54) is 63.5 Å². The highest BCUT2D eigenvalue weighted by atomic mass is 15.1. The largest absolute Gasteiger partial charge is 0.331 e. The Morgan fingerprint density at radius 3 is 2.88 bits per heavy atom. The summed E-state index contributed by atoms with van der Waals surface area (Å²) in [7, 11) is 0. The van der Waals surface area contributed by atoms with Crippen molar-refractivity contribution in [1.82, 2.24) is 9.55 Å². The molecule has 1 fully saturated rings. The monoisotopic (exact) mass is 232 g/mol. The molecule has 0 N–H and O–H groups in total. The molecule has 0 aliphatic heterocycles. The van der Waals surface area contributed by atoms with Crippen LogP contribution in [0.4, 0.5) is 0 Å². The van der Waals surface area contributed by atoms with Gasteiger partial charge < -0.3 is 4.57 Å². The zero-order chi connectivity index (χ0) is 11.7. The fourth-order valence-corrected chi connectivity index (χ4v) is 3.81. The molecule has 2 nitrogen and oxygen atoms in total. The zero-order valence-corrected chi connectivity index (χ0v) is 11.0. The fourth-order valence-electron chi connectivity index (χ4n) is 3.81. The van der Waals surface area contributed by atoms with Crippen LogP contribution in [0.3, 0.4) is 0 Å². The van der Waals surface area contributed by atoms with Crippen LogP contribution in [0.25, 0.3) is 0 Å². The molecule has 0 amide bonds. The molecule has 94 valence electrons. The van der Waals surface area contributed by atoms with Crippen molar-refractivity contribution in [3.8, 4) is 0 Å². The molecule has 0 saturated heterocycles. The molecule has 2 aliphatic rings. The molecule has 3 rings (SSSR count). The van der Waals surface area contributed by atoms with Crippen molar-refractivity contribution in [1.29, 1.82) is 0 Å². The Morgan fingerprint density at radius 2 is 2.00 bits per heavy atom. The normalized spacial score (nSPS) is 29.0. The van der Waals surface area contributed by atoms with Gasteiger partial charge in [0.05, 0.1) is 12.0 Å². The Morgan fingerprint density at radius 1 is 1.18 bits per heavy atom. The van der Waals surface area contributed by atoms with E-state index in [2.05, 4.69) is 22.8 Å². The van der Waals surface area contributed by atoms with E-state index >= 15 is 0 Å². The van der Waals surface area contributed by atoms with Gasteiger partial charge in [-0.3, -0.25) is 0 Å². The Hall–Kier alpha value is -0.790. The molecular formula is C15H24N2. The first-order valence-electron chi connectivity index (χ1n) is 7.44. The Kier molecular flexibility index (Phi) is 3.21. The molecule has 0 aromatic carbocycles. The minimum Gasteiger partial charge on any atom is -0.331 e. The summed E-state index contributed by atoms with van der Waals surface area (Å²) < 4.78 is 2.56. The van der Waals surface area contributed by atoms with E-state index in [-0.39, 0.29) is 0 Å². The number of hydrogen-bond acceptors (Lipinski definition) is 1. The maximum absolute atomic E-state index is 4.66. The minimum absolute atomic E-state index is 0.753. The number of rotatable bonds is 2. The second kappa shape index (κ2) is 4.83. The Balaban J connectivity index is 1.89. The van der Waals surface area contributed by atoms with Gasteiger partial charge in [0.1, 0.15) is 0 Å². The van der Waals surface area contributed by atoms with Crippen LogP contribution in [0.5, 0.6) is 0 Å². The summed E-state index contributed by atoms with van der Waals surface area (Å²) in [5, 5.41) is 0. The molecule has 17 heavy (non-hydrogen) atoms. The van der Waals surface area contributed by atoms with Crippen LogP contribution in [0.2, 0.25) is 0 Å². The molecule has 0 bridgehead atoms. The highest BCUT2D eigenvalue weighted by molar-refractivity contribution is 5.17. The van der Waals surface area contributed by atoms with Crippen LogP contribution in [0.15, 0.2) is 6.33 Å². The van der Waals surface area contributed by atoms with Gasteiger partial charge in [-0.15, -0.1) is 0 Å². The van der Waals surface area contributed by atoms with Crippen molar-refractivity contribution in [2.75, 3.05) is 0 Å². The lowest BCUT2D eigenvalue weighted by atomic mass is 9.82. The van der Waals surface area contributed by atoms with Gasteiger partial charge in [0.25, 0.3) is 0 Å². The van der Waals surface area contributed by atoms with Crippen molar-refractivity contribution in [3.05, 3.63) is 17.7 Å². The molecule has 0 radical (unpaired) electrons. The molecule has 1 saturated carbocycles. The lowest BCUT2D eigenvalue weighted by molar-refractivity contribution is 0.228. The van der Waals surface area contributed by atoms with Gasteiger partial charge in [0.15, 0.2) is 0 Å². The first-order valence-corrected chi connectivity index (χ1v) is 7.44. The van der Waals surface area contributed by atoms with Crippen molar-refractivity contribution in [2.24, 2.45) is 5.92 Å². The van der Waals surface area contributed by atoms with Crippen molar-refractivity contribution >= 4 is 0 Å². The van der Waals surface area contributed by atoms with E-state index in [1.54, 1.807) is 5.69 Å². The smallest absolute Gasteiger partial charge is 0.0954 e. The average Bonchev–Trinajstić information content (AvgIpc) is 2.82. The summed E-state index contributed by atoms with van der Waals surface area (Å²) in [6, 6.07) is 0.753. The number of fused-ring (bicyclic) bond motifs is 1. The van der Waals surface area contributed by atoms with Gasteiger partial charge in [-0.2, -0.15) is 0 Å². The van der Waals surface area contributed by atoms with Crippen LogP contribution in [-0.2, 0) is 12.8 Å². The summed E-state index contributed by atoms with van der Waals surface area (Å²) in [5.41, 5.74) is 2.97. The first-order chi connectivity index (χ1) is 8.40. The number of hydrogen-bond donors (Lipinski definition) is 0. The third kappa shape index (κ3) is 2.02. The van der Waals surface area contributed by atoms with Crippen LogP contribution in [0.1, 0.15) is 69.3 Å². The number of nitrogens with zero attached hydrogens (tertiary/aromatic N) is 2. The topological polar surface area (TPSA) is 17.8 Å². The van der Waals surface area contributed by atoms with Crippen LogP contribution in [0, 0.1) is 5.92 Å². The van der Waals surface area contributed by atoms with Crippen molar-refractivity contribution in [2.45, 2.75) is 70.8 Å². The standard InChI is InChI=1S/C15H24N2/c1-2-12-7-3-5-9-14(12)17-11-16-13-8-4-6-10-15(13)17/h11-12,14H,2-10H2,1H3. The highest BCUT2D eigenvalue weighted by Crippen LogP contribution is 2.37. The predicted octanol–water partition coefficient (Wildman–Crippen LogP) is 3.90.